The number of aromatic nitrogens is 1. The van der Waals surface area contributed by atoms with E-state index < -0.39 is 11.9 Å². The van der Waals surface area contributed by atoms with E-state index in [1.165, 1.54) is 12.1 Å². The van der Waals surface area contributed by atoms with Gasteiger partial charge in [0.25, 0.3) is 5.91 Å². The summed E-state index contributed by atoms with van der Waals surface area (Å²) in [6.45, 7) is 0.0486. The summed E-state index contributed by atoms with van der Waals surface area (Å²) in [7, 11) is 1.85. The lowest BCUT2D eigenvalue weighted by Crippen LogP contribution is -2.30. The summed E-state index contributed by atoms with van der Waals surface area (Å²) in [6, 6.07) is 9.58. The maximum Gasteiger partial charge on any atom is 0.257 e. The molecule has 0 aliphatic rings. The Balaban J connectivity index is 1.70. The van der Waals surface area contributed by atoms with E-state index >= 15 is 0 Å². The molecule has 0 fully saturated rings. The van der Waals surface area contributed by atoms with Crippen molar-refractivity contribution in [2.24, 2.45) is 7.05 Å². The fourth-order valence-electron chi connectivity index (χ4n) is 2.07. The molecule has 1 aromatic heterocycles. The molecule has 2 aromatic rings. The van der Waals surface area contributed by atoms with E-state index in [2.05, 4.69) is 5.32 Å². The van der Waals surface area contributed by atoms with Crippen molar-refractivity contribution in [2.45, 2.75) is 12.5 Å². The van der Waals surface area contributed by atoms with Gasteiger partial charge in [0.15, 0.2) is 18.2 Å². The molecule has 1 amide bonds. The number of para-hydroxylation sites is 1. The summed E-state index contributed by atoms with van der Waals surface area (Å²) >= 11 is 0. The minimum absolute atomic E-state index is 0.0431. The van der Waals surface area contributed by atoms with Gasteiger partial charge in [0, 0.05) is 25.5 Å². The van der Waals surface area contributed by atoms with Crippen LogP contribution in [0.1, 0.15) is 18.2 Å². The normalized spacial score (nSPS) is 12.0. The molecule has 0 aliphatic heterocycles. The second-order valence-electron chi connectivity index (χ2n) is 4.92. The van der Waals surface area contributed by atoms with E-state index in [0.717, 1.165) is 5.69 Å². The summed E-state index contributed by atoms with van der Waals surface area (Å²) in [6.07, 6.45) is 1.59. The third-order valence-electron chi connectivity index (χ3n) is 3.26. The highest BCUT2D eigenvalue weighted by molar-refractivity contribution is 5.77. The topological polar surface area (TPSA) is 63.5 Å². The molecular formula is C16H19FN2O3. The standard InChI is InChI=1S/C16H19FN2O3/c1-19-10-4-6-13(19)14(20)8-9-18-16(21)11-22-15-7-3-2-5-12(15)17/h2-7,10,14,20H,8-9,11H2,1H3,(H,18,21). The van der Waals surface area contributed by atoms with Crippen LogP contribution < -0.4 is 10.1 Å². The molecule has 2 rings (SSSR count). The molecule has 5 nitrogen and oxygen atoms in total. The van der Waals surface area contributed by atoms with Gasteiger partial charge >= 0.3 is 0 Å². The maximum atomic E-state index is 13.3. The smallest absolute Gasteiger partial charge is 0.257 e. The fraction of sp³-hybridized carbons (Fsp3) is 0.312. The SMILES string of the molecule is Cn1cccc1C(O)CCNC(=O)COc1ccccc1F. The largest absolute Gasteiger partial charge is 0.481 e. The van der Waals surface area contributed by atoms with Crippen LogP contribution in [0, 0.1) is 5.82 Å². The van der Waals surface area contributed by atoms with Gasteiger partial charge in [-0.1, -0.05) is 12.1 Å². The molecule has 1 aromatic carbocycles. The second kappa shape index (κ2) is 7.61. The number of hydrogen-bond acceptors (Lipinski definition) is 3. The van der Waals surface area contributed by atoms with Gasteiger partial charge in [0.1, 0.15) is 0 Å². The Hall–Kier alpha value is -2.34. The van der Waals surface area contributed by atoms with Crippen molar-refractivity contribution in [2.75, 3.05) is 13.2 Å². The van der Waals surface area contributed by atoms with Gasteiger partial charge in [0.2, 0.25) is 0 Å². The van der Waals surface area contributed by atoms with Gasteiger partial charge in [-0.05, 0) is 30.7 Å². The van der Waals surface area contributed by atoms with Crippen LogP contribution in [0.3, 0.4) is 0 Å². The number of benzene rings is 1. The highest BCUT2D eigenvalue weighted by Gasteiger charge is 2.11. The van der Waals surface area contributed by atoms with E-state index in [-0.39, 0.29) is 18.3 Å². The van der Waals surface area contributed by atoms with Gasteiger partial charge in [-0.2, -0.15) is 0 Å². The minimum atomic E-state index is -0.646. The number of nitrogens with zero attached hydrogens (tertiary/aromatic N) is 1. The average Bonchev–Trinajstić information content (AvgIpc) is 2.92. The van der Waals surface area contributed by atoms with Crippen LogP contribution in [-0.4, -0.2) is 28.7 Å². The summed E-state index contributed by atoms with van der Waals surface area (Å²) < 4.78 is 20.2. The molecule has 6 heteroatoms. The molecule has 0 aliphatic carbocycles. The van der Waals surface area contributed by atoms with Crippen LogP contribution in [0.2, 0.25) is 0 Å². The highest BCUT2D eigenvalue weighted by atomic mass is 19.1. The van der Waals surface area contributed by atoms with Gasteiger partial charge in [-0.25, -0.2) is 4.39 Å². The minimum Gasteiger partial charge on any atom is -0.481 e. The van der Waals surface area contributed by atoms with Crippen LogP contribution in [0.25, 0.3) is 0 Å². The molecule has 1 atom stereocenters. The molecule has 0 radical (unpaired) electrons. The first-order valence-electron chi connectivity index (χ1n) is 7.01. The molecular weight excluding hydrogens is 287 g/mol. The van der Waals surface area contributed by atoms with E-state index in [0.29, 0.717) is 13.0 Å². The van der Waals surface area contributed by atoms with Crippen LogP contribution in [0.15, 0.2) is 42.6 Å². The van der Waals surface area contributed by atoms with E-state index in [9.17, 15) is 14.3 Å². The van der Waals surface area contributed by atoms with Gasteiger partial charge < -0.3 is 19.7 Å². The first kappa shape index (κ1) is 16.0. The predicted octanol–water partition coefficient (Wildman–Crippen LogP) is 1.78. The number of aliphatic hydroxyl groups excluding tert-OH is 1. The first-order chi connectivity index (χ1) is 10.6. The molecule has 22 heavy (non-hydrogen) atoms. The summed E-state index contributed by atoms with van der Waals surface area (Å²) in [5.41, 5.74) is 0.789. The Bertz CT molecular complexity index is 627. The van der Waals surface area contributed by atoms with Crippen molar-refractivity contribution in [3.8, 4) is 5.75 Å². The fourth-order valence-corrected chi connectivity index (χ4v) is 2.07. The predicted molar refractivity (Wildman–Crippen MR) is 79.9 cm³/mol. The van der Waals surface area contributed by atoms with Crippen LogP contribution in [0.4, 0.5) is 4.39 Å². The van der Waals surface area contributed by atoms with E-state index in [1.807, 2.05) is 29.9 Å². The summed E-state index contributed by atoms with van der Waals surface area (Å²) in [5, 5.41) is 12.6. The second-order valence-corrected chi connectivity index (χ2v) is 4.92. The average molecular weight is 306 g/mol. The number of nitrogens with one attached hydrogen (secondary N) is 1. The van der Waals surface area contributed by atoms with Gasteiger partial charge in [-0.3, -0.25) is 4.79 Å². The molecule has 1 unspecified atom stereocenters. The lowest BCUT2D eigenvalue weighted by atomic mass is 10.2. The molecule has 118 valence electrons. The Kier molecular flexibility index (Phi) is 5.55. The number of aliphatic hydroxyl groups is 1. The summed E-state index contributed by atoms with van der Waals surface area (Å²) in [4.78, 5) is 11.6. The van der Waals surface area contributed by atoms with Gasteiger partial charge in [-0.15, -0.1) is 0 Å². The third kappa shape index (κ3) is 4.33. The van der Waals surface area contributed by atoms with Crippen molar-refractivity contribution < 1.29 is 19.0 Å². The third-order valence-corrected chi connectivity index (χ3v) is 3.26. The van der Waals surface area contributed by atoms with Crippen molar-refractivity contribution in [3.63, 3.8) is 0 Å². The molecule has 2 N–H and O–H groups in total. The highest BCUT2D eigenvalue weighted by Crippen LogP contribution is 2.16. The Morgan fingerprint density at radius 2 is 2.14 bits per heavy atom. The number of rotatable bonds is 7. The van der Waals surface area contributed by atoms with Crippen molar-refractivity contribution in [3.05, 3.63) is 54.1 Å². The number of aryl methyl sites for hydroxylation is 1. The number of ether oxygens (including phenoxy) is 1. The Labute approximate surface area is 128 Å². The lowest BCUT2D eigenvalue weighted by molar-refractivity contribution is -0.123. The van der Waals surface area contributed by atoms with Crippen molar-refractivity contribution >= 4 is 5.91 Å². The van der Waals surface area contributed by atoms with Crippen LogP contribution >= 0.6 is 0 Å². The van der Waals surface area contributed by atoms with Crippen LogP contribution in [0.5, 0.6) is 5.75 Å². The summed E-state index contributed by atoms with van der Waals surface area (Å²) in [5.74, 6) is -0.821. The van der Waals surface area contributed by atoms with E-state index in [1.54, 1.807) is 12.1 Å². The van der Waals surface area contributed by atoms with Crippen molar-refractivity contribution in [1.82, 2.24) is 9.88 Å². The zero-order valence-electron chi connectivity index (χ0n) is 12.3. The number of carbonyl (C=O) groups is 1. The quantitative estimate of drug-likeness (QED) is 0.819. The first-order valence-corrected chi connectivity index (χ1v) is 7.01. The number of hydrogen-bond donors (Lipinski definition) is 2. The molecule has 0 bridgehead atoms. The Morgan fingerprint density at radius 3 is 2.82 bits per heavy atom. The Morgan fingerprint density at radius 1 is 1.36 bits per heavy atom. The molecule has 0 saturated heterocycles. The number of amides is 1. The van der Waals surface area contributed by atoms with Gasteiger partial charge in [0.05, 0.1) is 6.10 Å². The maximum absolute atomic E-state index is 13.3. The van der Waals surface area contributed by atoms with Crippen molar-refractivity contribution in [1.29, 1.82) is 0 Å². The molecule has 1 heterocycles. The van der Waals surface area contributed by atoms with E-state index in [4.69, 9.17) is 4.74 Å². The zero-order chi connectivity index (χ0) is 15.9. The lowest BCUT2D eigenvalue weighted by Gasteiger charge is -2.13. The zero-order valence-corrected chi connectivity index (χ0v) is 12.3. The number of carbonyl (C=O) groups excluding carboxylic acids is 1. The molecule has 0 spiro atoms. The molecule has 0 saturated carbocycles. The number of halogens is 1. The monoisotopic (exact) mass is 306 g/mol. The van der Waals surface area contributed by atoms with Crippen LogP contribution in [-0.2, 0) is 11.8 Å².